The molecule has 0 saturated heterocycles. The van der Waals surface area contributed by atoms with E-state index in [2.05, 4.69) is 26.6 Å². The molecule has 0 saturated carbocycles. The van der Waals surface area contributed by atoms with Gasteiger partial charge in [0.2, 0.25) is 5.91 Å². The summed E-state index contributed by atoms with van der Waals surface area (Å²) in [4.78, 5) is 23.5. The SMILES string of the molecule is O=C(/C=C/c1ccc(Br)cc1)NCCNC(=O)c1ccccc1. The first-order valence-electron chi connectivity index (χ1n) is 7.20. The Bertz CT molecular complexity index is 682. The van der Waals surface area contributed by atoms with Crippen molar-refractivity contribution in [1.82, 2.24) is 10.6 Å². The van der Waals surface area contributed by atoms with E-state index in [0.717, 1.165) is 10.0 Å². The van der Waals surface area contributed by atoms with E-state index in [9.17, 15) is 9.59 Å². The molecule has 118 valence electrons. The third-order valence-electron chi connectivity index (χ3n) is 3.04. The van der Waals surface area contributed by atoms with Gasteiger partial charge in [0, 0.05) is 29.2 Å². The zero-order valence-corrected chi connectivity index (χ0v) is 14.0. The van der Waals surface area contributed by atoms with Gasteiger partial charge in [0.1, 0.15) is 0 Å². The van der Waals surface area contributed by atoms with Crippen LogP contribution < -0.4 is 10.6 Å². The minimum absolute atomic E-state index is 0.148. The molecule has 0 aromatic heterocycles. The van der Waals surface area contributed by atoms with Gasteiger partial charge in [0.15, 0.2) is 0 Å². The molecule has 0 heterocycles. The van der Waals surface area contributed by atoms with Crippen molar-refractivity contribution in [1.29, 1.82) is 0 Å². The smallest absolute Gasteiger partial charge is 0.251 e. The summed E-state index contributed by atoms with van der Waals surface area (Å²) in [6.07, 6.45) is 3.21. The summed E-state index contributed by atoms with van der Waals surface area (Å²) in [5, 5.41) is 5.47. The topological polar surface area (TPSA) is 58.2 Å². The number of amides is 2. The molecule has 0 spiro atoms. The quantitative estimate of drug-likeness (QED) is 0.604. The molecule has 0 fully saturated rings. The summed E-state index contributed by atoms with van der Waals surface area (Å²) in [5.41, 5.74) is 1.55. The molecule has 2 N–H and O–H groups in total. The van der Waals surface area contributed by atoms with Gasteiger partial charge in [-0.05, 0) is 35.9 Å². The van der Waals surface area contributed by atoms with Crippen LogP contribution in [0.3, 0.4) is 0 Å². The number of benzene rings is 2. The van der Waals surface area contributed by atoms with Crippen LogP contribution in [-0.4, -0.2) is 24.9 Å². The number of hydrogen-bond acceptors (Lipinski definition) is 2. The Hall–Kier alpha value is -2.40. The number of halogens is 1. The highest BCUT2D eigenvalue weighted by Gasteiger charge is 2.03. The summed E-state index contributed by atoms with van der Waals surface area (Å²) in [6.45, 7) is 0.758. The molecule has 2 amide bonds. The number of nitrogens with one attached hydrogen (secondary N) is 2. The molecule has 2 rings (SSSR count). The van der Waals surface area contributed by atoms with Crippen LogP contribution in [-0.2, 0) is 4.79 Å². The van der Waals surface area contributed by atoms with E-state index in [4.69, 9.17) is 0 Å². The maximum Gasteiger partial charge on any atom is 0.251 e. The molecule has 2 aromatic carbocycles. The van der Waals surface area contributed by atoms with Crippen molar-refractivity contribution < 1.29 is 9.59 Å². The Kier molecular flexibility index (Phi) is 6.56. The first-order valence-corrected chi connectivity index (χ1v) is 7.99. The van der Waals surface area contributed by atoms with Gasteiger partial charge < -0.3 is 10.6 Å². The van der Waals surface area contributed by atoms with Crippen LogP contribution in [0.25, 0.3) is 6.08 Å². The maximum absolute atomic E-state index is 11.8. The zero-order chi connectivity index (χ0) is 16.5. The molecule has 0 radical (unpaired) electrons. The Morgan fingerprint density at radius 1 is 0.913 bits per heavy atom. The van der Waals surface area contributed by atoms with Gasteiger partial charge in [-0.25, -0.2) is 0 Å². The minimum atomic E-state index is -0.193. The van der Waals surface area contributed by atoms with Gasteiger partial charge in [0.25, 0.3) is 5.91 Å². The second-order valence-corrected chi connectivity index (χ2v) is 5.71. The molecule has 23 heavy (non-hydrogen) atoms. The summed E-state index contributed by atoms with van der Waals surface area (Å²) >= 11 is 3.36. The second-order valence-electron chi connectivity index (χ2n) is 4.80. The molecular weight excluding hydrogens is 356 g/mol. The van der Waals surface area contributed by atoms with Crippen molar-refractivity contribution in [2.45, 2.75) is 0 Å². The van der Waals surface area contributed by atoms with Gasteiger partial charge in [-0.1, -0.05) is 46.3 Å². The molecule has 0 aliphatic rings. The molecular formula is C18H17BrN2O2. The lowest BCUT2D eigenvalue weighted by Gasteiger charge is -2.05. The summed E-state index contributed by atoms with van der Waals surface area (Å²) in [6, 6.07) is 16.6. The molecule has 0 bridgehead atoms. The second kappa shape index (κ2) is 8.90. The number of rotatable bonds is 6. The third-order valence-corrected chi connectivity index (χ3v) is 3.57. The molecule has 4 nitrogen and oxygen atoms in total. The van der Waals surface area contributed by atoms with Gasteiger partial charge >= 0.3 is 0 Å². The van der Waals surface area contributed by atoms with E-state index in [1.807, 2.05) is 42.5 Å². The van der Waals surface area contributed by atoms with E-state index in [1.165, 1.54) is 6.08 Å². The predicted octanol–water partition coefficient (Wildman–Crippen LogP) is 3.01. The lowest BCUT2D eigenvalue weighted by molar-refractivity contribution is -0.116. The fourth-order valence-corrected chi connectivity index (χ4v) is 2.12. The zero-order valence-electron chi connectivity index (χ0n) is 12.5. The first kappa shape index (κ1) is 17.0. The van der Waals surface area contributed by atoms with Gasteiger partial charge in [-0.2, -0.15) is 0 Å². The van der Waals surface area contributed by atoms with Gasteiger partial charge in [0.05, 0.1) is 0 Å². The highest BCUT2D eigenvalue weighted by atomic mass is 79.9. The van der Waals surface area contributed by atoms with Crippen LogP contribution in [0.5, 0.6) is 0 Å². The number of carbonyl (C=O) groups excluding carboxylic acids is 2. The summed E-state index contributed by atoms with van der Waals surface area (Å²) in [7, 11) is 0. The number of hydrogen-bond donors (Lipinski definition) is 2. The predicted molar refractivity (Wildman–Crippen MR) is 95.0 cm³/mol. The Balaban J connectivity index is 1.69. The molecule has 0 unspecified atom stereocenters. The van der Waals surface area contributed by atoms with Crippen molar-refractivity contribution in [2.75, 3.05) is 13.1 Å². The normalized spacial score (nSPS) is 10.5. The first-order chi connectivity index (χ1) is 11.1. The van der Waals surface area contributed by atoms with Crippen LogP contribution in [0.1, 0.15) is 15.9 Å². The fraction of sp³-hybridized carbons (Fsp3) is 0.111. The Morgan fingerprint density at radius 3 is 2.26 bits per heavy atom. The highest BCUT2D eigenvalue weighted by molar-refractivity contribution is 9.10. The van der Waals surface area contributed by atoms with E-state index < -0.39 is 0 Å². The molecule has 0 aliphatic heterocycles. The molecule has 5 heteroatoms. The van der Waals surface area contributed by atoms with Crippen molar-refractivity contribution in [3.8, 4) is 0 Å². The van der Waals surface area contributed by atoms with Crippen LogP contribution in [0.2, 0.25) is 0 Å². The monoisotopic (exact) mass is 372 g/mol. The summed E-state index contributed by atoms with van der Waals surface area (Å²) in [5.74, 6) is -0.341. The Labute approximate surface area is 143 Å². The van der Waals surface area contributed by atoms with E-state index >= 15 is 0 Å². The van der Waals surface area contributed by atoms with Crippen LogP contribution >= 0.6 is 15.9 Å². The van der Waals surface area contributed by atoms with Crippen LogP contribution in [0.15, 0.2) is 65.1 Å². The van der Waals surface area contributed by atoms with Crippen LogP contribution in [0, 0.1) is 0 Å². The van der Waals surface area contributed by atoms with Crippen molar-refractivity contribution >= 4 is 33.8 Å². The third kappa shape index (κ3) is 6.08. The van der Waals surface area contributed by atoms with E-state index in [0.29, 0.717) is 18.7 Å². The van der Waals surface area contributed by atoms with Crippen molar-refractivity contribution in [3.63, 3.8) is 0 Å². The maximum atomic E-state index is 11.8. The summed E-state index contributed by atoms with van der Waals surface area (Å²) < 4.78 is 0.994. The highest BCUT2D eigenvalue weighted by Crippen LogP contribution is 2.11. The van der Waals surface area contributed by atoms with Gasteiger partial charge in [-0.15, -0.1) is 0 Å². The minimum Gasteiger partial charge on any atom is -0.351 e. The Morgan fingerprint density at radius 2 is 1.57 bits per heavy atom. The van der Waals surface area contributed by atoms with E-state index in [-0.39, 0.29) is 11.8 Å². The van der Waals surface area contributed by atoms with Crippen LogP contribution in [0.4, 0.5) is 0 Å². The molecule has 2 aromatic rings. The number of carbonyl (C=O) groups is 2. The van der Waals surface area contributed by atoms with Crippen molar-refractivity contribution in [3.05, 3.63) is 76.3 Å². The lowest BCUT2D eigenvalue weighted by atomic mass is 10.2. The average molecular weight is 373 g/mol. The molecule has 0 aliphatic carbocycles. The van der Waals surface area contributed by atoms with Crippen molar-refractivity contribution in [2.24, 2.45) is 0 Å². The molecule has 0 atom stereocenters. The van der Waals surface area contributed by atoms with E-state index in [1.54, 1.807) is 18.2 Å². The lowest BCUT2D eigenvalue weighted by Crippen LogP contribution is -2.33. The standard InChI is InChI=1S/C18H17BrN2O2/c19-16-9-6-14(7-10-16)8-11-17(22)20-12-13-21-18(23)15-4-2-1-3-5-15/h1-11H,12-13H2,(H,20,22)(H,21,23)/b11-8+. The fourth-order valence-electron chi connectivity index (χ4n) is 1.86. The largest absolute Gasteiger partial charge is 0.351 e. The van der Waals surface area contributed by atoms with Gasteiger partial charge in [-0.3, -0.25) is 9.59 Å². The average Bonchev–Trinajstić information content (AvgIpc) is 2.59.